The minimum atomic E-state index is -1.16. The van der Waals surface area contributed by atoms with Crippen LogP contribution in [0.1, 0.15) is 63.3 Å². The van der Waals surface area contributed by atoms with Crippen molar-refractivity contribution >= 4 is 24.0 Å². The predicted molar refractivity (Wildman–Crippen MR) is 208 cm³/mol. The molecule has 0 spiro atoms. The fraction of sp³-hybridized carbons (Fsp3) is 0.450. The van der Waals surface area contributed by atoms with Gasteiger partial charge in [-0.1, -0.05) is 62.4 Å². The number of carboxylic acid groups (broad SMARTS) is 1. The zero-order chi connectivity index (χ0) is 40.4. The monoisotopic (exact) mass is 772 g/mol. The molecule has 4 atom stereocenters. The summed E-state index contributed by atoms with van der Waals surface area (Å²) in [4.78, 5) is 69.2. The number of methoxy groups -OCH3 is 3. The van der Waals surface area contributed by atoms with Crippen LogP contribution in [0.2, 0.25) is 0 Å². The van der Waals surface area contributed by atoms with Gasteiger partial charge >= 0.3 is 12.2 Å². The molecule has 0 bridgehead atoms. The highest BCUT2D eigenvalue weighted by Crippen LogP contribution is 2.34. The fourth-order valence-electron chi connectivity index (χ4n) is 6.84. The van der Waals surface area contributed by atoms with Gasteiger partial charge in [0.2, 0.25) is 11.8 Å². The number of ether oxygens (including phenoxy) is 3. The van der Waals surface area contributed by atoms with Crippen LogP contribution in [0.4, 0.5) is 9.59 Å². The van der Waals surface area contributed by atoms with E-state index in [4.69, 9.17) is 14.2 Å². The van der Waals surface area contributed by atoms with E-state index in [9.17, 15) is 24.3 Å². The first-order valence-electron chi connectivity index (χ1n) is 18.7. The van der Waals surface area contributed by atoms with Crippen LogP contribution in [-0.4, -0.2) is 119 Å². The third kappa shape index (κ3) is 9.92. The Balaban J connectivity index is 1.24. The summed E-state index contributed by atoms with van der Waals surface area (Å²) in [5.74, 6) is 0.640. The van der Waals surface area contributed by atoms with E-state index >= 15 is 0 Å². The van der Waals surface area contributed by atoms with Crippen molar-refractivity contribution in [2.24, 2.45) is 5.92 Å². The first kappa shape index (κ1) is 41.4. The number of likely N-dealkylation sites (tertiary alicyclic amines) is 1. The number of amides is 4. The van der Waals surface area contributed by atoms with Gasteiger partial charge in [-0.2, -0.15) is 0 Å². The standard InChI is InChI=1S/C40H52N8O8/c1-24(2)34(46-37(49)29(17-20-54-4)45-39(51)56-6)36-42-23-31(44-36)28-15-11-26(12-16-28)25-9-13-27(14-10-25)30-22-41-35(43-30)32-8-7-19-48(32)38(50)33(18-21-55-5)47(3)40(52)53/h9-16,22-24,29,32-34H,7-8,17-21H2,1-6H3,(H,41,43)(H,42,44)(H,45,51)(H,46,49)(H,52,53)/t29-,32-,33-,34+/m0/s1. The molecule has 0 radical (unpaired) electrons. The molecule has 1 aliphatic rings. The molecule has 3 heterocycles. The number of aromatic amines is 2. The molecule has 5 N–H and O–H groups in total. The van der Waals surface area contributed by atoms with Gasteiger partial charge in [0.25, 0.3) is 0 Å². The number of hydrogen-bond acceptors (Lipinski definition) is 9. The average molecular weight is 773 g/mol. The molecular weight excluding hydrogens is 720 g/mol. The van der Waals surface area contributed by atoms with Crippen LogP contribution in [0, 0.1) is 5.92 Å². The van der Waals surface area contributed by atoms with Crippen LogP contribution in [0.15, 0.2) is 60.9 Å². The number of hydrogen-bond donors (Lipinski definition) is 5. The van der Waals surface area contributed by atoms with Gasteiger partial charge < -0.3 is 44.8 Å². The number of imidazole rings is 2. The number of alkyl carbamates (subject to hydrolysis) is 1. The second kappa shape index (κ2) is 19.2. The maximum Gasteiger partial charge on any atom is 0.407 e. The van der Waals surface area contributed by atoms with Crippen molar-refractivity contribution in [2.45, 2.75) is 63.7 Å². The number of carbonyl (C=O) groups excluding carboxylic acids is 3. The third-order valence-corrected chi connectivity index (χ3v) is 10.1. The van der Waals surface area contributed by atoms with Gasteiger partial charge in [0.15, 0.2) is 0 Å². The Hall–Kier alpha value is -5.74. The summed E-state index contributed by atoms with van der Waals surface area (Å²) in [6.45, 7) is 5.03. The van der Waals surface area contributed by atoms with Crippen molar-refractivity contribution < 1.29 is 38.5 Å². The Morgan fingerprint density at radius 1 is 0.857 bits per heavy atom. The number of carbonyl (C=O) groups is 4. The zero-order valence-corrected chi connectivity index (χ0v) is 32.7. The highest BCUT2D eigenvalue weighted by atomic mass is 16.5. The molecule has 2 aromatic heterocycles. The SMILES string of the molecule is COCC[C@H](NC(=O)OC)C(=O)N[C@@H](c1ncc(-c2ccc(-c3ccc(-c4cnc([C@@H]5CCCN5C(=O)[C@H](CCOC)N(C)C(=O)O)[nH]4)cc3)cc2)[nH]1)C(C)C. The molecule has 16 heteroatoms. The van der Waals surface area contributed by atoms with E-state index in [1.54, 1.807) is 17.3 Å². The number of nitrogens with one attached hydrogen (secondary N) is 4. The highest BCUT2D eigenvalue weighted by molar-refractivity contribution is 5.86. The number of benzene rings is 2. The highest BCUT2D eigenvalue weighted by Gasteiger charge is 2.38. The number of aromatic nitrogens is 4. The lowest BCUT2D eigenvalue weighted by Crippen LogP contribution is -2.49. The number of likely N-dealkylation sites (N-methyl/N-ethyl adjacent to an activating group) is 1. The molecule has 5 rings (SSSR count). The van der Waals surface area contributed by atoms with Crippen LogP contribution in [0.25, 0.3) is 33.6 Å². The summed E-state index contributed by atoms with van der Waals surface area (Å²) >= 11 is 0. The maximum absolute atomic E-state index is 13.6. The van der Waals surface area contributed by atoms with E-state index in [0.29, 0.717) is 18.2 Å². The molecule has 0 aliphatic carbocycles. The van der Waals surface area contributed by atoms with E-state index in [1.165, 1.54) is 28.4 Å². The molecule has 56 heavy (non-hydrogen) atoms. The molecule has 16 nitrogen and oxygen atoms in total. The maximum atomic E-state index is 13.6. The molecule has 4 aromatic rings. The minimum absolute atomic E-state index is 0.00354. The molecule has 0 unspecified atom stereocenters. The van der Waals surface area contributed by atoms with Crippen LogP contribution in [0.5, 0.6) is 0 Å². The average Bonchev–Trinajstić information content (AvgIpc) is 4.00. The molecule has 4 amide bonds. The smallest absolute Gasteiger partial charge is 0.407 e. The fourth-order valence-corrected chi connectivity index (χ4v) is 6.84. The Labute approximate surface area is 326 Å². The van der Waals surface area contributed by atoms with Gasteiger partial charge in [0.05, 0.1) is 43.0 Å². The van der Waals surface area contributed by atoms with Gasteiger partial charge in [-0.05, 0) is 41.0 Å². The van der Waals surface area contributed by atoms with E-state index in [0.717, 1.165) is 51.4 Å². The quantitative estimate of drug-likeness (QED) is 0.0926. The van der Waals surface area contributed by atoms with Crippen LogP contribution < -0.4 is 10.6 Å². The van der Waals surface area contributed by atoms with Crippen LogP contribution in [0.3, 0.4) is 0 Å². The normalized spacial score (nSPS) is 15.6. The Morgan fingerprint density at radius 2 is 1.43 bits per heavy atom. The van der Waals surface area contributed by atoms with E-state index in [-0.39, 0.29) is 49.8 Å². The zero-order valence-electron chi connectivity index (χ0n) is 32.7. The second-order valence-electron chi connectivity index (χ2n) is 14.1. The van der Waals surface area contributed by atoms with Crippen LogP contribution in [-0.2, 0) is 23.8 Å². The van der Waals surface area contributed by atoms with Gasteiger partial charge in [0.1, 0.15) is 23.7 Å². The minimum Gasteiger partial charge on any atom is -0.465 e. The summed E-state index contributed by atoms with van der Waals surface area (Å²) in [6, 6.07) is 13.8. The van der Waals surface area contributed by atoms with E-state index in [1.807, 2.05) is 62.4 Å². The van der Waals surface area contributed by atoms with E-state index < -0.39 is 30.3 Å². The molecule has 1 saturated heterocycles. The topological polar surface area (TPSA) is 204 Å². The number of nitrogens with zero attached hydrogens (tertiary/aromatic N) is 4. The van der Waals surface area contributed by atoms with Crippen molar-refractivity contribution in [3.8, 4) is 33.6 Å². The van der Waals surface area contributed by atoms with Crippen molar-refractivity contribution in [3.63, 3.8) is 0 Å². The van der Waals surface area contributed by atoms with Crippen LogP contribution >= 0.6 is 0 Å². The first-order valence-corrected chi connectivity index (χ1v) is 18.7. The summed E-state index contributed by atoms with van der Waals surface area (Å²) in [6.07, 6.45) is 3.70. The van der Waals surface area contributed by atoms with Gasteiger partial charge in [-0.3, -0.25) is 14.5 Å². The molecule has 300 valence electrons. The van der Waals surface area contributed by atoms with Gasteiger partial charge in [-0.15, -0.1) is 0 Å². The lowest BCUT2D eigenvalue weighted by atomic mass is 10.0. The second-order valence-corrected chi connectivity index (χ2v) is 14.1. The molecule has 1 fully saturated rings. The third-order valence-electron chi connectivity index (χ3n) is 10.1. The Kier molecular flexibility index (Phi) is 14.2. The first-order chi connectivity index (χ1) is 26.9. The largest absolute Gasteiger partial charge is 0.465 e. The summed E-state index contributed by atoms with van der Waals surface area (Å²) in [5.41, 5.74) is 5.51. The van der Waals surface area contributed by atoms with Gasteiger partial charge in [-0.25, -0.2) is 19.6 Å². The van der Waals surface area contributed by atoms with Crippen molar-refractivity contribution in [1.82, 2.24) is 40.4 Å². The van der Waals surface area contributed by atoms with Gasteiger partial charge in [0, 0.05) is 53.9 Å². The van der Waals surface area contributed by atoms with Crippen molar-refractivity contribution in [2.75, 3.05) is 48.1 Å². The van der Waals surface area contributed by atoms with E-state index in [2.05, 4.69) is 30.6 Å². The van der Waals surface area contributed by atoms with Crippen molar-refractivity contribution in [3.05, 3.63) is 72.6 Å². The lowest BCUT2D eigenvalue weighted by Gasteiger charge is -2.31. The Bertz CT molecular complexity index is 1930. The predicted octanol–water partition coefficient (Wildman–Crippen LogP) is 5.39. The molecule has 0 saturated carbocycles. The van der Waals surface area contributed by atoms with Crippen molar-refractivity contribution in [1.29, 1.82) is 0 Å². The summed E-state index contributed by atoms with van der Waals surface area (Å²) in [7, 11) is 5.71. The lowest BCUT2D eigenvalue weighted by molar-refractivity contribution is -0.137. The molecular formula is C40H52N8O8. The number of H-pyrrole nitrogens is 2. The summed E-state index contributed by atoms with van der Waals surface area (Å²) < 4.78 is 15.0. The molecule has 2 aromatic carbocycles. The Morgan fingerprint density at radius 3 is 2.00 bits per heavy atom. The number of rotatable bonds is 17. The molecule has 1 aliphatic heterocycles. The summed E-state index contributed by atoms with van der Waals surface area (Å²) in [5, 5.41) is 15.2.